The lowest BCUT2D eigenvalue weighted by molar-refractivity contribution is -0.776. The molecular weight excluding hydrogens is 786 g/mol. The summed E-state index contributed by atoms with van der Waals surface area (Å²) in [7, 11) is 6.99. The quantitative estimate of drug-likeness (QED) is 0.145. The lowest BCUT2D eigenvalue weighted by Gasteiger charge is -2.49. The second-order valence-electron chi connectivity index (χ2n) is 18.7. The summed E-state index contributed by atoms with van der Waals surface area (Å²) in [5, 5.41) is 46.8. The van der Waals surface area contributed by atoms with Crippen molar-refractivity contribution in [2.75, 3.05) is 34.8 Å². The van der Waals surface area contributed by atoms with Crippen molar-refractivity contribution in [1.82, 2.24) is 9.80 Å². The topological polar surface area (TPSA) is 218 Å². The van der Waals surface area contributed by atoms with E-state index < -0.39 is 107 Å². The molecule has 0 aromatic rings. The molecule has 0 aliphatic carbocycles. The van der Waals surface area contributed by atoms with E-state index in [4.69, 9.17) is 38.0 Å². The maximum absolute atomic E-state index is 14.4. The van der Waals surface area contributed by atoms with Gasteiger partial charge in [0, 0.05) is 38.5 Å². The molecular formula is C42H77N3O15. The van der Waals surface area contributed by atoms with Gasteiger partial charge in [0.1, 0.15) is 17.8 Å². The number of carbonyl (C=O) groups is 2. The van der Waals surface area contributed by atoms with Crippen molar-refractivity contribution < 1.29 is 68.0 Å². The Bertz CT molecular complexity index is 1400. The zero-order valence-electron chi connectivity index (χ0n) is 38.7. The van der Waals surface area contributed by atoms with E-state index in [9.17, 15) is 35.0 Å². The van der Waals surface area contributed by atoms with Crippen molar-refractivity contribution in [2.45, 2.75) is 205 Å². The molecule has 3 rings (SSSR count). The fraction of sp³-hybridized carbons (Fsp3) is 0.952. The molecule has 0 saturated carbocycles. The lowest BCUT2D eigenvalue weighted by atomic mass is 9.77. The van der Waals surface area contributed by atoms with Gasteiger partial charge in [0.2, 0.25) is 0 Å². The van der Waals surface area contributed by atoms with Gasteiger partial charge in [-0.3, -0.25) is 9.59 Å². The number of nitrogens with zero attached hydrogens (tertiary/aromatic N) is 3. The van der Waals surface area contributed by atoms with E-state index in [0.29, 0.717) is 19.4 Å². The molecule has 0 aromatic heterocycles. The number of aliphatic hydroxyl groups is 3. The third-order valence-electron chi connectivity index (χ3n) is 13.1. The SMILES string of the molecule is CCCC(=O)O[C@@H]1C(N(C)C)C[C@@H](C)O[C@H]1O[C@@H]1[C@@H](C)[C@H](O[C@H]2C[C@@](C)(OC)[C@@H](O[N+](=O)[O-])[C@H](C)O2)[C@@H](C)C(=O)O[C@H](CC)[C@@](C)(O)[C@H](O)[C@@H](C)N(C)C[C@H](C)C[C@@]1(C)O. The maximum atomic E-state index is 14.4. The van der Waals surface area contributed by atoms with Crippen LogP contribution in [-0.2, 0) is 47.6 Å². The number of likely N-dealkylation sites (N-methyl/N-ethyl adjacent to an activating group) is 2. The van der Waals surface area contributed by atoms with Crippen molar-refractivity contribution in [2.24, 2.45) is 17.8 Å². The summed E-state index contributed by atoms with van der Waals surface area (Å²) in [6.07, 6.45) is -8.72. The third-order valence-corrected chi connectivity index (χ3v) is 13.1. The van der Waals surface area contributed by atoms with Gasteiger partial charge in [0.15, 0.2) is 24.8 Å². The van der Waals surface area contributed by atoms with Crippen LogP contribution >= 0.6 is 0 Å². The number of rotatable bonds is 12. The number of carbonyl (C=O) groups excluding carboxylic acids is 2. The monoisotopic (exact) mass is 864 g/mol. The zero-order valence-corrected chi connectivity index (χ0v) is 38.7. The van der Waals surface area contributed by atoms with Gasteiger partial charge in [-0.05, 0) is 101 Å². The van der Waals surface area contributed by atoms with E-state index in [1.807, 2.05) is 51.7 Å². The molecule has 1 unspecified atom stereocenters. The number of esters is 2. The molecule has 3 saturated heterocycles. The molecule has 60 heavy (non-hydrogen) atoms. The summed E-state index contributed by atoms with van der Waals surface area (Å²) < 4.78 is 44.3. The minimum absolute atomic E-state index is 0.0534. The van der Waals surface area contributed by atoms with Crippen molar-refractivity contribution in [3.63, 3.8) is 0 Å². The van der Waals surface area contributed by atoms with Crippen molar-refractivity contribution in [3.8, 4) is 0 Å². The maximum Gasteiger partial charge on any atom is 0.311 e. The van der Waals surface area contributed by atoms with E-state index in [2.05, 4.69) is 0 Å². The van der Waals surface area contributed by atoms with Gasteiger partial charge in [-0.15, -0.1) is 10.1 Å². The molecule has 3 heterocycles. The summed E-state index contributed by atoms with van der Waals surface area (Å²) in [6, 6.07) is -0.896. The second kappa shape index (κ2) is 21.4. The summed E-state index contributed by atoms with van der Waals surface area (Å²) in [4.78, 5) is 47.9. The molecule has 3 fully saturated rings. The summed E-state index contributed by atoms with van der Waals surface area (Å²) in [6.45, 7) is 19.4. The number of hydrogen-bond acceptors (Lipinski definition) is 17. The number of ether oxygens (including phenoxy) is 7. The normalized spacial score (nSPS) is 44.3. The highest BCUT2D eigenvalue weighted by Gasteiger charge is 2.54. The molecule has 18 nitrogen and oxygen atoms in total. The molecule has 18 heteroatoms. The Morgan fingerprint density at radius 1 is 1.00 bits per heavy atom. The van der Waals surface area contributed by atoms with Crippen molar-refractivity contribution >= 4 is 11.9 Å². The standard InChI is InChI=1S/C42H77N3O15/c1-16-18-31(46)57-34-29(43(12)13)19-24(4)54-39(34)59-36-25(5)33(58-32-21-41(10,53-15)37(28(8)55-32)60-45(51)52)26(6)38(48)56-30(17-2)42(11,50)35(47)27(7)44(14)22-23(3)20-40(36,9)49/h23-30,32-37,39,47,49-50H,16-22H2,1-15H3/t23-,24-,25+,26-,27-,28+,29?,30-,32+,33+,34-,35-,36-,37+,39+,40-,41-,42-/m1/s1. The fourth-order valence-corrected chi connectivity index (χ4v) is 9.54. The Hall–Kier alpha value is -2.26. The molecule has 0 amide bonds. The second-order valence-corrected chi connectivity index (χ2v) is 18.7. The first-order valence-electron chi connectivity index (χ1n) is 21.6. The number of methoxy groups -OCH3 is 1. The number of hydrogen-bond donors (Lipinski definition) is 3. The smallest absolute Gasteiger partial charge is 0.311 e. The highest BCUT2D eigenvalue weighted by Crippen LogP contribution is 2.41. The van der Waals surface area contributed by atoms with Crippen LogP contribution < -0.4 is 0 Å². The Kier molecular flexibility index (Phi) is 18.6. The first-order chi connectivity index (χ1) is 27.7. The van der Waals surface area contributed by atoms with Gasteiger partial charge in [-0.25, -0.2) is 0 Å². The first kappa shape index (κ1) is 52.1. The van der Waals surface area contributed by atoms with Crippen LogP contribution in [0.25, 0.3) is 0 Å². The van der Waals surface area contributed by atoms with Gasteiger partial charge in [0.25, 0.3) is 5.09 Å². The van der Waals surface area contributed by atoms with Crippen LogP contribution in [0, 0.1) is 27.9 Å². The van der Waals surface area contributed by atoms with Crippen LogP contribution in [-0.4, -0.2) is 167 Å². The summed E-state index contributed by atoms with van der Waals surface area (Å²) in [5.74, 6) is -3.38. The van der Waals surface area contributed by atoms with Crippen LogP contribution in [0.5, 0.6) is 0 Å². The average Bonchev–Trinajstić information content (AvgIpc) is 3.15. The van der Waals surface area contributed by atoms with E-state index >= 15 is 0 Å². The highest BCUT2D eigenvalue weighted by molar-refractivity contribution is 5.73. The molecule has 3 N–H and O–H groups in total. The summed E-state index contributed by atoms with van der Waals surface area (Å²) in [5.41, 5.74) is -4.80. The minimum Gasteiger partial charge on any atom is -0.459 e. The van der Waals surface area contributed by atoms with E-state index in [1.165, 1.54) is 14.0 Å². The van der Waals surface area contributed by atoms with E-state index in [0.717, 1.165) is 0 Å². The Balaban J connectivity index is 2.25. The number of aliphatic hydroxyl groups excluding tert-OH is 1. The molecule has 0 aromatic carbocycles. The minimum atomic E-state index is -1.86. The van der Waals surface area contributed by atoms with Crippen LogP contribution in [0.3, 0.4) is 0 Å². The number of cyclic esters (lactones) is 1. The van der Waals surface area contributed by atoms with Gasteiger partial charge in [-0.1, -0.05) is 27.7 Å². The average molecular weight is 864 g/mol. The molecule has 0 bridgehead atoms. The first-order valence-corrected chi connectivity index (χ1v) is 21.6. The van der Waals surface area contributed by atoms with Gasteiger partial charge in [0.05, 0.1) is 47.6 Å². The predicted octanol–water partition coefficient (Wildman–Crippen LogP) is 3.47. The van der Waals surface area contributed by atoms with E-state index in [-0.39, 0.29) is 43.7 Å². The lowest BCUT2D eigenvalue weighted by Crippen LogP contribution is -2.61. The molecule has 3 aliphatic rings. The third kappa shape index (κ3) is 12.5. The molecule has 0 radical (unpaired) electrons. The van der Waals surface area contributed by atoms with E-state index in [1.54, 1.807) is 48.5 Å². The summed E-state index contributed by atoms with van der Waals surface area (Å²) >= 11 is 0. The van der Waals surface area contributed by atoms with Crippen LogP contribution in [0.4, 0.5) is 0 Å². The van der Waals surface area contributed by atoms with Crippen molar-refractivity contribution in [1.29, 1.82) is 0 Å². The highest BCUT2D eigenvalue weighted by atomic mass is 17.0. The fourth-order valence-electron chi connectivity index (χ4n) is 9.54. The van der Waals surface area contributed by atoms with Crippen LogP contribution in [0.1, 0.15) is 115 Å². The Morgan fingerprint density at radius 3 is 2.18 bits per heavy atom. The molecule has 0 spiro atoms. The largest absolute Gasteiger partial charge is 0.459 e. The van der Waals surface area contributed by atoms with Crippen LogP contribution in [0.2, 0.25) is 0 Å². The Morgan fingerprint density at radius 2 is 1.63 bits per heavy atom. The predicted molar refractivity (Wildman–Crippen MR) is 219 cm³/mol. The molecule has 18 atom stereocenters. The molecule has 3 aliphatic heterocycles. The van der Waals surface area contributed by atoms with Gasteiger partial charge < -0.3 is 63.1 Å². The van der Waals surface area contributed by atoms with Gasteiger partial charge in [-0.2, -0.15) is 0 Å². The Labute approximate surface area is 356 Å². The van der Waals surface area contributed by atoms with Gasteiger partial charge >= 0.3 is 11.9 Å². The zero-order chi connectivity index (χ0) is 45.7. The van der Waals surface area contributed by atoms with Crippen LogP contribution in [0.15, 0.2) is 0 Å². The molecule has 350 valence electrons. The van der Waals surface area contributed by atoms with Crippen molar-refractivity contribution in [3.05, 3.63) is 10.1 Å².